The smallest absolute Gasteiger partial charge is 0.280 e. The van der Waals surface area contributed by atoms with Crippen LogP contribution < -0.4 is 11.5 Å². The van der Waals surface area contributed by atoms with Crippen LogP contribution >= 0.6 is 11.3 Å². The molecule has 0 aliphatic heterocycles. The van der Waals surface area contributed by atoms with Crippen molar-refractivity contribution in [3.8, 4) is 5.69 Å². The first kappa shape index (κ1) is 14.5. The van der Waals surface area contributed by atoms with E-state index >= 15 is 0 Å². The van der Waals surface area contributed by atoms with Crippen LogP contribution in [0.2, 0.25) is 0 Å². The Kier molecular flexibility index (Phi) is 3.32. The maximum atomic E-state index is 12.2. The number of thiophene rings is 1. The van der Waals surface area contributed by atoms with E-state index in [-0.39, 0.29) is 5.96 Å². The largest absolute Gasteiger partial charge is 0.370 e. The standard InChI is InChI=1S/C18H14N4OS/c19-18(20)21-17(23)11-5-6-14-13-3-1-2-4-15(13)22(16(14)9-11)12-7-8-24-10-12/h1-10H,(H4,19,20,21,23). The number of rotatable bonds is 2. The average molecular weight is 334 g/mol. The van der Waals surface area contributed by atoms with Crippen molar-refractivity contribution in [3.63, 3.8) is 0 Å². The van der Waals surface area contributed by atoms with E-state index in [1.165, 1.54) is 0 Å². The molecular formula is C18H14N4OS. The molecule has 118 valence electrons. The van der Waals surface area contributed by atoms with Crippen molar-refractivity contribution in [2.24, 2.45) is 16.5 Å². The molecule has 2 heterocycles. The van der Waals surface area contributed by atoms with Gasteiger partial charge in [0.2, 0.25) is 0 Å². The van der Waals surface area contributed by atoms with Gasteiger partial charge in [0, 0.05) is 21.7 Å². The van der Waals surface area contributed by atoms with Crippen LogP contribution in [0.4, 0.5) is 0 Å². The molecule has 0 spiro atoms. The Hall–Kier alpha value is -3.12. The Morgan fingerprint density at radius 3 is 2.54 bits per heavy atom. The quantitative estimate of drug-likeness (QED) is 0.436. The van der Waals surface area contributed by atoms with Crippen LogP contribution in [0.3, 0.4) is 0 Å². The van der Waals surface area contributed by atoms with Crippen LogP contribution in [-0.4, -0.2) is 16.4 Å². The van der Waals surface area contributed by atoms with Crippen molar-refractivity contribution < 1.29 is 4.79 Å². The third-order valence-electron chi connectivity index (χ3n) is 3.92. The van der Waals surface area contributed by atoms with Crippen LogP contribution in [0.5, 0.6) is 0 Å². The van der Waals surface area contributed by atoms with Gasteiger partial charge in [-0.3, -0.25) is 4.79 Å². The first-order valence-electron chi connectivity index (χ1n) is 7.35. The van der Waals surface area contributed by atoms with Crippen molar-refractivity contribution in [1.29, 1.82) is 0 Å². The van der Waals surface area contributed by atoms with Crippen molar-refractivity contribution in [1.82, 2.24) is 4.57 Å². The SMILES string of the molecule is NC(N)=NC(=O)c1ccc2c3ccccc3n(-c3ccsc3)c2c1. The number of aromatic nitrogens is 1. The molecule has 6 heteroatoms. The molecule has 0 atom stereocenters. The summed E-state index contributed by atoms with van der Waals surface area (Å²) in [5.41, 5.74) is 14.2. The number of carbonyl (C=O) groups is 1. The maximum Gasteiger partial charge on any atom is 0.280 e. The molecule has 2 aromatic carbocycles. The summed E-state index contributed by atoms with van der Waals surface area (Å²) in [7, 11) is 0. The van der Waals surface area contributed by atoms with Crippen LogP contribution in [0.1, 0.15) is 10.4 Å². The molecule has 1 amide bonds. The Morgan fingerprint density at radius 2 is 1.79 bits per heavy atom. The van der Waals surface area contributed by atoms with E-state index in [0.29, 0.717) is 5.56 Å². The number of nitrogens with two attached hydrogens (primary N) is 2. The Bertz CT molecular complexity index is 1090. The second-order valence-electron chi connectivity index (χ2n) is 5.41. The fourth-order valence-electron chi connectivity index (χ4n) is 2.95. The van der Waals surface area contributed by atoms with E-state index in [4.69, 9.17) is 11.5 Å². The van der Waals surface area contributed by atoms with E-state index in [2.05, 4.69) is 33.1 Å². The van der Waals surface area contributed by atoms with Crippen LogP contribution in [0, 0.1) is 0 Å². The first-order valence-corrected chi connectivity index (χ1v) is 8.29. The van der Waals surface area contributed by atoms with Gasteiger partial charge in [-0.05, 0) is 29.6 Å². The first-order chi connectivity index (χ1) is 11.6. The monoisotopic (exact) mass is 334 g/mol. The van der Waals surface area contributed by atoms with Gasteiger partial charge in [-0.1, -0.05) is 24.3 Å². The van der Waals surface area contributed by atoms with Gasteiger partial charge in [0.15, 0.2) is 5.96 Å². The van der Waals surface area contributed by atoms with Crippen molar-refractivity contribution in [3.05, 3.63) is 64.9 Å². The van der Waals surface area contributed by atoms with Gasteiger partial charge in [-0.15, -0.1) is 0 Å². The fraction of sp³-hybridized carbons (Fsp3) is 0. The lowest BCUT2D eigenvalue weighted by atomic mass is 10.1. The van der Waals surface area contributed by atoms with E-state index in [0.717, 1.165) is 27.5 Å². The lowest BCUT2D eigenvalue weighted by Gasteiger charge is -2.05. The number of nitrogens with zero attached hydrogens (tertiary/aromatic N) is 2. The van der Waals surface area contributed by atoms with Crippen LogP contribution in [-0.2, 0) is 0 Å². The summed E-state index contributed by atoms with van der Waals surface area (Å²) in [4.78, 5) is 15.8. The van der Waals surface area contributed by atoms with Gasteiger partial charge in [0.1, 0.15) is 0 Å². The normalized spacial score (nSPS) is 11.0. The predicted octanol–water partition coefficient (Wildman–Crippen LogP) is 3.26. The fourth-order valence-corrected chi connectivity index (χ4v) is 3.57. The number of benzene rings is 2. The lowest BCUT2D eigenvalue weighted by Crippen LogP contribution is -2.24. The number of amides is 1. The van der Waals surface area contributed by atoms with Crippen molar-refractivity contribution >= 4 is 45.0 Å². The molecule has 0 saturated heterocycles. The minimum Gasteiger partial charge on any atom is -0.370 e. The lowest BCUT2D eigenvalue weighted by molar-refractivity contribution is 0.100. The number of hydrogen-bond donors (Lipinski definition) is 2. The summed E-state index contributed by atoms with van der Waals surface area (Å²) >= 11 is 1.63. The molecule has 24 heavy (non-hydrogen) atoms. The zero-order chi connectivity index (χ0) is 16.7. The van der Waals surface area contributed by atoms with Gasteiger partial charge >= 0.3 is 0 Å². The molecule has 0 saturated carbocycles. The molecular weight excluding hydrogens is 320 g/mol. The molecule has 4 aromatic rings. The van der Waals surface area contributed by atoms with E-state index in [1.54, 1.807) is 17.4 Å². The number of hydrogen-bond acceptors (Lipinski definition) is 2. The molecule has 0 aliphatic rings. The van der Waals surface area contributed by atoms with Gasteiger partial charge in [-0.2, -0.15) is 16.3 Å². The highest BCUT2D eigenvalue weighted by Gasteiger charge is 2.14. The molecule has 0 fully saturated rings. The zero-order valence-electron chi connectivity index (χ0n) is 12.6. The minimum absolute atomic E-state index is 0.238. The van der Waals surface area contributed by atoms with Crippen molar-refractivity contribution in [2.45, 2.75) is 0 Å². The van der Waals surface area contributed by atoms with Crippen LogP contribution in [0.25, 0.3) is 27.5 Å². The second kappa shape index (κ2) is 5.50. The second-order valence-corrected chi connectivity index (χ2v) is 6.19. The summed E-state index contributed by atoms with van der Waals surface area (Å²) < 4.78 is 2.15. The maximum absolute atomic E-state index is 12.2. The summed E-state index contributed by atoms with van der Waals surface area (Å²) in [6.07, 6.45) is 0. The van der Waals surface area contributed by atoms with Gasteiger partial charge in [0.25, 0.3) is 5.91 Å². The molecule has 0 radical (unpaired) electrons. The highest BCUT2D eigenvalue weighted by Crippen LogP contribution is 2.33. The third-order valence-corrected chi connectivity index (χ3v) is 4.59. The van der Waals surface area contributed by atoms with Crippen LogP contribution in [0.15, 0.2) is 64.3 Å². The molecule has 4 rings (SSSR count). The average Bonchev–Trinajstić information content (AvgIpc) is 3.18. The molecule has 0 unspecified atom stereocenters. The molecule has 0 bridgehead atoms. The third kappa shape index (κ3) is 2.24. The minimum atomic E-state index is -0.445. The molecule has 0 aliphatic carbocycles. The Labute approximate surface area is 141 Å². The summed E-state index contributed by atoms with van der Waals surface area (Å²) in [6, 6.07) is 15.8. The van der Waals surface area contributed by atoms with E-state index < -0.39 is 5.91 Å². The van der Waals surface area contributed by atoms with E-state index in [9.17, 15) is 4.79 Å². The zero-order valence-corrected chi connectivity index (χ0v) is 13.5. The number of aliphatic imine (C=N–C) groups is 1. The molecule has 5 nitrogen and oxygen atoms in total. The molecule has 4 N–H and O–H groups in total. The van der Waals surface area contributed by atoms with E-state index in [1.807, 2.05) is 29.6 Å². The topological polar surface area (TPSA) is 86.4 Å². The molecule has 2 aromatic heterocycles. The summed E-state index contributed by atoms with van der Waals surface area (Å²) in [6.45, 7) is 0. The number of para-hydroxylation sites is 1. The van der Waals surface area contributed by atoms with Crippen molar-refractivity contribution in [2.75, 3.05) is 0 Å². The predicted molar refractivity (Wildman–Crippen MR) is 98.8 cm³/mol. The van der Waals surface area contributed by atoms with Gasteiger partial charge < -0.3 is 16.0 Å². The Balaban J connectivity index is 2.06. The number of carbonyl (C=O) groups excluding carboxylic acids is 1. The van der Waals surface area contributed by atoms with Gasteiger partial charge in [0.05, 0.1) is 16.7 Å². The van der Waals surface area contributed by atoms with Gasteiger partial charge in [-0.25, -0.2) is 0 Å². The highest BCUT2D eigenvalue weighted by molar-refractivity contribution is 7.08. The summed E-state index contributed by atoms with van der Waals surface area (Å²) in [5, 5.41) is 6.33. The number of guanidine groups is 1. The number of fused-ring (bicyclic) bond motifs is 3. The Morgan fingerprint density at radius 1 is 1.00 bits per heavy atom. The highest BCUT2D eigenvalue weighted by atomic mass is 32.1. The summed E-state index contributed by atoms with van der Waals surface area (Å²) in [5.74, 6) is -0.683.